The molecular formula is C15H17N7S. The molecular weight excluding hydrogens is 310 g/mol. The Kier molecular flexibility index (Phi) is 3.60. The van der Waals surface area contributed by atoms with Crippen LogP contribution in [0.5, 0.6) is 0 Å². The normalized spacial score (nSPS) is 15.7. The lowest BCUT2D eigenvalue weighted by Crippen LogP contribution is -2.05. The number of H-pyrrole nitrogens is 1. The van der Waals surface area contributed by atoms with E-state index in [2.05, 4.69) is 56.7 Å². The molecule has 8 heteroatoms. The molecule has 3 aromatic rings. The topological polar surface area (TPSA) is 85.2 Å². The predicted molar refractivity (Wildman–Crippen MR) is 86.9 cm³/mol. The summed E-state index contributed by atoms with van der Waals surface area (Å²) in [5, 5.41) is 20.2. The molecule has 0 aliphatic heterocycles. The number of nitrogens with zero attached hydrogens (tertiary/aromatic N) is 6. The molecule has 1 aliphatic carbocycles. The molecule has 0 unspecified atom stereocenters. The molecule has 1 fully saturated rings. The van der Waals surface area contributed by atoms with Crippen LogP contribution in [-0.4, -0.2) is 35.4 Å². The van der Waals surface area contributed by atoms with E-state index < -0.39 is 0 Å². The summed E-state index contributed by atoms with van der Waals surface area (Å²) < 4.78 is 1.94. The molecule has 4 rings (SSSR count). The van der Waals surface area contributed by atoms with Crippen molar-refractivity contribution in [2.24, 2.45) is 0 Å². The van der Waals surface area contributed by atoms with Gasteiger partial charge in [-0.05, 0) is 37.1 Å². The summed E-state index contributed by atoms with van der Waals surface area (Å²) in [6.07, 6.45) is 2.32. The number of hydrogen-bond donors (Lipinski definition) is 1. The Balaban J connectivity index is 1.50. The third kappa shape index (κ3) is 2.98. The summed E-state index contributed by atoms with van der Waals surface area (Å²) in [5.41, 5.74) is 2.26. The van der Waals surface area contributed by atoms with Crippen LogP contribution in [0.2, 0.25) is 0 Å². The molecule has 0 amide bonds. The highest BCUT2D eigenvalue weighted by Crippen LogP contribution is 2.39. The smallest absolute Gasteiger partial charge is 0.209 e. The number of nitrogens with one attached hydrogen (secondary N) is 1. The molecule has 1 saturated carbocycles. The molecule has 1 aromatic carbocycles. The van der Waals surface area contributed by atoms with Crippen LogP contribution in [0.25, 0.3) is 11.4 Å². The van der Waals surface area contributed by atoms with E-state index in [1.54, 1.807) is 11.8 Å². The van der Waals surface area contributed by atoms with Gasteiger partial charge in [-0.1, -0.05) is 41.6 Å². The lowest BCUT2D eigenvalue weighted by Gasteiger charge is -2.08. The second-order valence-electron chi connectivity index (χ2n) is 5.81. The summed E-state index contributed by atoms with van der Waals surface area (Å²) in [6.45, 7) is 4.15. The van der Waals surface area contributed by atoms with Crippen LogP contribution in [0, 0.1) is 6.92 Å². The number of aromatic nitrogens is 7. The van der Waals surface area contributed by atoms with Gasteiger partial charge in [-0.25, -0.2) is 9.67 Å². The predicted octanol–water partition coefficient (Wildman–Crippen LogP) is 2.95. The van der Waals surface area contributed by atoms with Crippen LogP contribution in [0.4, 0.5) is 0 Å². The lowest BCUT2D eigenvalue weighted by molar-refractivity contribution is 0.583. The van der Waals surface area contributed by atoms with Gasteiger partial charge in [-0.2, -0.15) is 0 Å². The molecule has 0 bridgehead atoms. The second kappa shape index (κ2) is 5.77. The molecule has 0 radical (unpaired) electrons. The SMILES string of the molecule is Cc1ccc(-c2nc(S[C@H](C)c3nnnn3C3CC3)n[nH]2)cc1. The monoisotopic (exact) mass is 327 g/mol. The molecule has 0 saturated heterocycles. The summed E-state index contributed by atoms with van der Waals surface area (Å²) in [5.74, 6) is 1.67. The maximum Gasteiger partial charge on any atom is 0.209 e. The van der Waals surface area contributed by atoms with E-state index in [1.165, 1.54) is 5.56 Å². The second-order valence-corrected chi connectivity index (χ2v) is 7.11. The fourth-order valence-electron chi connectivity index (χ4n) is 2.40. The van der Waals surface area contributed by atoms with Crippen LogP contribution in [-0.2, 0) is 0 Å². The quantitative estimate of drug-likeness (QED) is 0.725. The Morgan fingerprint density at radius 2 is 2.04 bits per heavy atom. The van der Waals surface area contributed by atoms with Crippen molar-refractivity contribution >= 4 is 11.8 Å². The third-order valence-corrected chi connectivity index (χ3v) is 4.80. The van der Waals surface area contributed by atoms with Crippen LogP contribution < -0.4 is 0 Å². The first-order chi connectivity index (χ1) is 11.2. The minimum Gasteiger partial charge on any atom is -0.258 e. The van der Waals surface area contributed by atoms with Crippen molar-refractivity contribution in [1.82, 2.24) is 35.4 Å². The summed E-state index contributed by atoms with van der Waals surface area (Å²) in [6, 6.07) is 8.69. The number of tetrazole rings is 1. The molecule has 1 atom stereocenters. The summed E-state index contributed by atoms with van der Waals surface area (Å²) in [4.78, 5) is 4.57. The zero-order valence-corrected chi connectivity index (χ0v) is 13.8. The van der Waals surface area contributed by atoms with Crippen molar-refractivity contribution in [1.29, 1.82) is 0 Å². The number of aromatic amines is 1. The molecule has 23 heavy (non-hydrogen) atoms. The lowest BCUT2D eigenvalue weighted by atomic mass is 10.1. The van der Waals surface area contributed by atoms with Crippen molar-refractivity contribution in [3.63, 3.8) is 0 Å². The molecule has 2 aromatic heterocycles. The van der Waals surface area contributed by atoms with Crippen molar-refractivity contribution in [3.8, 4) is 11.4 Å². The molecule has 1 N–H and O–H groups in total. The first kappa shape index (κ1) is 14.4. The molecule has 1 aliphatic rings. The van der Waals surface area contributed by atoms with Gasteiger partial charge < -0.3 is 0 Å². The van der Waals surface area contributed by atoms with Gasteiger partial charge in [-0.3, -0.25) is 5.10 Å². The Morgan fingerprint density at radius 3 is 2.78 bits per heavy atom. The van der Waals surface area contributed by atoms with Crippen molar-refractivity contribution in [2.45, 2.75) is 43.1 Å². The fraction of sp³-hybridized carbons (Fsp3) is 0.400. The van der Waals surface area contributed by atoms with Crippen molar-refractivity contribution in [2.75, 3.05) is 0 Å². The number of thioether (sulfide) groups is 1. The number of aryl methyl sites for hydroxylation is 1. The van der Waals surface area contributed by atoms with E-state index in [0.717, 1.165) is 30.1 Å². The average molecular weight is 327 g/mol. The number of benzene rings is 1. The largest absolute Gasteiger partial charge is 0.258 e. The van der Waals surface area contributed by atoms with Gasteiger partial charge in [0, 0.05) is 5.56 Å². The molecule has 118 valence electrons. The van der Waals surface area contributed by atoms with Crippen LogP contribution in [0.15, 0.2) is 29.4 Å². The highest BCUT2D eigenvalue weighted by molar-refractivity contribution is 7.99. The van der Waals surface area contributed by atoms with Gasteiger partial charge in [0.25, 0.3) is 0 Å². The van der Waals surface area contributed by atoms with E-state index in [4.69, 9.17) is 0 Å². The van der Waals surface area contributed by atoms with Gasteiger partial charge in [-0.15, -0.1) is 10.2 Å². The minimum absolute atomic E-state index is 0.104. The number of hydrogen-bond acceptors (Lipinski definition) is 6. The third-order valence-electron chi connectivity index (χ3n) is 3.85. The van der Waals surface area contributed by atoms with Gasteiger partial charge in [0.1, 0.15) is 0 Å². The Hall–Kier alpha value is -2.22. The maximum atomic E-state index is 4.57. The highest BCUT2D eigenvalue weighted by Gasteiger charge is 2.30. The van der Waals surface area contributed by atoms with E-state index in [0.29, 0.717) is 11.2 Å². The van der Waals surface area contributed by atoms with Gasteiger partial charge >= 0.3 is 0 Å². The van der Waals surface area contributed by atoms with Crippen molar-refractivity contribution < 1.29 is 0 Å². The first-order valence-corrected chi connectivity index (χ1v) is 8.52. The standard InChI is InChI=1S/C15H17N7S/c1-9-3-5-11(6-4-9)13-16-15(19-17-13)23-10(2)14-18-20-21-22(14)12-7-8-12/h3-6,10,12H,7-8H2,1-2H3,(H,16,17,19)/t10-/m1/s1. The Bertz CT molecular complexity index is 803. The van der Waals surface area contributed by atoms with E-state index in [-0.39, 0.29) is 5.25 Å². The van der Waals surface area contributed by atoms with Crippen LogP contribution in [0.3, 0.4) is 0 Å². The molecule has 0 spiro atoms. The molecule has 7 nitrogen and oxygen atoms in total. The van der Waals surface area contributed by atoms with E-state index >= 15 is 0 Å². The zero-order valence-electron chi connectivity index (χ0n) is 13.0. The van der Waals surface area contributed by atoms with Crippen molar-refractivity contribution in [3.05, 3.63) is 35.7 Å². The maximum absolute atomic E-state index is 4.57. The fourth-order valence-corrected chi connectivity index (χ4v) is 3.22. The average Bonchev–Trinajstić information content (AvgIpc) is 3.09. The van der Waals surface area contributed by atoms with Gasteiger partial charge in [0.2, 0.25) is 5.16 Å². The first-order valence-electron chi connectivity index (χ1n) is 7.64. The summed E-state index contributed by atoms with van der Waals surface area (Å²) in [7, 11) is 0. The highest BCUT2D eigenvalue weighted by atomic mass is 32.2. The van der Waals surface area contributed by atoms with E-state index in [9.17, 15) is 0 Å². The Morgan fingerprint density at radius 1 is 1.26 bits per heavy atom. The Labute approximate surface area is 137 Å². The number of rotatable bonds is 5. The van der Waals surface area contributed by atoms with Crippen LogP contribution in [0.1, 0.15) is 42.4 Å². The zero-order chi connectivity index (χ0) is 15.8. The van der Waals surface area contributed by atoms with Gasteiger partial charge in [0.05, 0.1) is 11.3 Å². The van der Waals surface area contributed by atoms with E-state index in [1.807, 2.05) is 16.8 Å². The minimum atomic E-state index is 0.104. The van der Waals surface area contributed by atoms with Gasteiger partial charge in [0.15, 0.2) is 11.6 Å². The molecule has 2 heterocycles. The summed E-state index contributed by atoms with van der Waals surface area (Å²) >= 11 is 1.56. The van der Waals surface area contributed by atoms with Crippen LogP contribution >= 0.6 is 11.8 Å².